The molecule has 5 heterocycles. The third-order valence-corrected chi connectivity index (χ3v) is 7.49. The fourth-order valence-electron chi connectivity index (χ4n) is 6.02. The van der Waals surface area contributed by atoms with Gasteiger partial charge in [-0.05, 0) is 78.3 Å². The van der Waals surface area contributed by atoms with Crippen LogP contribution in [-0.2, 0) is 9.47 Å². The number of hydrogen-bond donors (Lipinski definition) is 1. The summed E-state index contributed by atoms with van der Waals surface area (Å²) in [5.74, 6) is 0.499. The number of ether oxygens (including phenoxy) is 2. The van der Waals surface area contributed by atoms with E-state index in [1.54, 1.807) is 0 Å². The summed E-state index contributed by atoms with van der Waals surface area (Å²) in [7, 11) is 0. The van der Waals surface area contributed by atoms with Crippen LogP contribution in [0.4, 0.5) is 10.6 Å². The fraction of sp³-hybridized carbons (Fsp3) is 0.720. The summed E-state index contributed by atoms with van der Waals surface area (Å²) in [6, 6.07) is 1.96. The maximum absolute atomic E-state index is 13.1. The zero-order valence-corrected chi connectivity index (χ0v) is 20.7. The van der Waals surface area contributed by atoms with Crippen LogP contribution in [-0.4, -0.2) is 73.9 Å². The Morgan fingerprint density at radius 2 is 2.03 bits per heavy atom. The van der Waals surface area contributed by atoms with E-state index in [-0.39, 0.29) is 24.0 Å². The highest BCUT2D eigenvalue weighted by atomic mass is 16.6. The number of likely N-dealkylation sites (tertiary alicyclic amines) is 2. The normalized spacial score (nSPS) is 28.6. The Morgan fingerprint density at radius 1 is 1.21 bits per heavy atom. The molecule has 0 aliphatic carbocycles. The number of nitrogens with zero attached hydrogens (tertiary/aromatic N) is 5. The van der Waals surface area contributed by atoms with Crippen LogP contribution >= 0.6 is 0 Å². The number of amides is 1. The van der Waals surface area contributed by atoms with Gasteiger partial charge in [-0.15, -0.1) is 0 Å². The molecule has 9 nitrogen and oxygen atoms in total. The van der Waals surface area contributed by atoms with Gasteiger partial charge in [-0.3, -0.25) is 4.90 Å². The van der Waals surface area contributed by atoms with Gasteiger partial charge in [0.05, 0.1) is 17.0 Å². The number of anilines is 1. The van der Waals surface area contributed by atoms with Crippen LogP contribution in [0.1, 0.15) is 71.9 Å². The summed E-state index contributed by atoms with van der Waals surface area (Å²) in [5.41, 5.74) is 6.23. The van der Waals surface area contributed by atoms with Crippen LogP contribution < -0.4 is 5.73 Å². The lowest BCUT2D eigenvalue weighted by Crippen LogP contribution is -2.63. The maximum Gasteiger partial charge on any atom is 0.410 e. The molecule has 1 spiro atoms. The van der Waals surface area contributed by atoms with Gasteiger partial charge in [0.2, 0.25) is 0 Å². The Balaban J connectivity index is 1.24. The van der Waals surface area contributed by atoms with Crippen molar-refractivity contribution in [2.75, 3.05) is 31.9 Å². The summed E-state index contributed by atoms with van der Waals surface area (Å²) in [6.07, 6.45) is 10.8. The average molecular weight is 471 g/mol. The molecule has 5 rings (SSSR count). The summed E-state index contributed by atoms with van der Waals surface area (Å²) in [6.45, 7) is 9.44. The van der Waals surface area contributed by atoms with Crippen LogP contribution in [0.3, 0.4) is 0 Å². The Kier molecular flexibility index (Phi) is 6.18. The zero-order valence-electron chi connectivity index (χ0n) is 20.7. The summed E-state index contributed by atoms with van der Waals surface area (Å²) in [4.78, 5) is 26.1. The second-order valence-electron chi connectivity index (χ2n) is 11.2. The largest absolute Gasteiger partial charge is 0.444 e. The minimum atomic E-state index is -0.477. The van der Waals surface area contributed by atoms with E-state index in [1.165, 1.54) is 12.7 Å². The Morgan fingerprint density at radius 3 is 2.85 bits per heavy atom. The van der Waals surface area contributed by atoms with E-state index in [0.29, 0.717) is 5.82 Å². The van der Waals surface area contributed by atoms with Crippen molar-refractivity contribution in [3.63, 3.8) is 0 Å². The molecule has 0 bridgehead atoms. The van der Waals surface area contributed by atoms with Crippen LogP contribution in [0.2, 0.25) is 0 Å². The second kappa shape index (κ2) is 9.00. The highest BCUT2D eigenvalue weighted by molar-refractivity contribution is 5.86. The van der Waals surface area contributed by atoms with Crippen molar-refractivity contribution in [1.82, 2.24) is 24.3 Å². The molecule has 3 saturated heterocycles. The van der Waals surface area contributed by atoms with Gasteiger partial charge < -0.3 is 24.7 Å². The van der Waals surface area contributed by atoms with Crippen LogP contribution in [0.15, 0.2) is 18.6 Å². The van der Waals surface area contributed by atoms with E-state index in [1.807, 2.05) is 37.9 Å². The molecule has 3 aliphatic rings. The van der Waals surface area contributed by atoms with E-state index in [4.69, 9.17) is 15.2 Å². The predicted octanol–water partition coefficient (Wildman–Crippen LogP) is 3.95. The van der Waals surface area contributed by atoms with E-state index < -0.39 is 5.60 Å². The molecular weight excluding hydrogens is 432 g/mol. The third-order valence-electron chi connectivity index (χ3n) is 7.49. The zero-order chi connectivity index (χ0) is 23.9. The van der Waals surface area contributed by atoms with Crippen molar-refractivity contribution in [3.05, 3.63) is 18.6 Å². The van der Waals surface area contributed by atoms with Gasteiger partial charge in [0.15, 0.2) is 0 Å². The molecule has 3 fully saturated rings. The first-order valence-electron chi connectivity index (χ1n) is 12.7. The van der Waals surface area contributed by atoms with Gasteiger partial charge in [0.25, 0.3) is 0 Å². The molecule has 3 aliphatic heterocycles. The fourth-order valence-corrected chi connectivity index (χ4v) is 6.02. The van der Waals surface area contributed by atoms with Crippen molar-refractivity contribution in [2.24, 2.45) is 0 Å². The summed E-state index contributed by atoms with van der Waals surface area (Å²) >= 11 is 0. The first kappa shape index (κ1) is 23.4. The summed E-state index contributed by atoms with van der Waals surface area (Å²) in [5, 5.41) is 0.868. The predicted molar refractivity (Wildman–Crippen MR) is 130 cm³/mol. The van der Waals surface area contributed by atoms with Crippen molar-refractivity contribution >= 4 is 22.9 Å². The first-order valence-corrected chi connectivity index (χ1v) is 12.7. The van der Waals surface area contributed by atoms with Gasteiger partial charge in [0, 0.05) is 25.8 Å². The third kappa shape index (κ3) is 4.60. The van der Waals surface area contributed by atoms with Gasteiger partial charge in [-0.25, -0.2) is 14.8 Å². The van der Waals surface area contributed by atoms with Crippen molar-refractivity contribution in [1.29, 1.82) is 0 Å². The summed E-state index contributed by atoms with van der Waals surface area (Å²) < 4.78 is 14.4. The first-order chi connectivity index (χ1) is 16.2. The highest BCUT2D eigenvalue weighted by Crippen LogP contribution is 2.38. The number of carbonyl (C=O) groups excluding carboxylic acids is 1. The van der Waals surface area contributed by atoms with E-state index in [2.05, 4.69) is 19.4 Å². The number of fused-ring (bicyclic) bond motifs is 1. The Bertz CT molecular complexity index is 1030. The number of nitrogens with two attached hydrogens (primary N) is 1. The SMILES string of the molecule is CC(C)(C)OC(=O)N1CCCCC12CCCN(CC1CCC(n3ccc4c(N)ncnc43)O1)C2. The molecule has 186 valence electrons. The molecule has 0 aromatic carbocycles. The number of piperidine rings is 2. The highest BCUT2D eigenvalue weighted by Gasteiger charge is 2.46. The second-order valence-corrected chi connectivity index (χ2v) is 11.2. The quantitative estimate of drug-likeness (QED) is 0.725. The molecule has 0 radical (unpaired) electrons. The molecule has 3 atom stereocenters. The smallest absolute Gasteiger partial charge is 0.410 e. The number of aromatic nitrogens is 3. The molecule has 2 aromatic rings. The lowest BCUT2D eigenvalue weighted by atomic mass is 9.80. The monoisotopic (exact) mass is 470 g/mol. The number of hydrogen-bond acceptors (Lipinski definition) is 7. The number of nitrogen functional groups attached to an aromatic ring is 1. The molecule has 9 heteroatoms. The van der Waals surface area contributed by atoms with E-state index in [0.717, 1.165) is 75.7 Å². The number of carbonyl (C=O) groups is 1. The maximum atomic E-state index is 13.1. The van der Waals surface area contributed by atoms with Crippen LogP contribution in [0.25, 0.3) is 11.0 Å². The van der Waals surface area contributed by atoms with Crippen LogP contribution in [0, 0.1) is 0 Å². The van der Waals surface area contributed by atoms with Gasteiger partial charge >= 0.3 is 6.09 Å². The minimum Gasteiger partial charge on any atom is -0.444 e. The topological polar surface area (TPSA) is 98.7 Å². The van der Waals surface area contributed by atoms with Crippen molar-refractivity contribution < 1.29 is 14.3 Å². The van der Waals surface area contributed by atoms with Crippen molar-refractivity contribution in [3.8, 4) is 0 Å². The Labute approximate surface area is 201 Å². The van der Waals surface area contributed by atoms with Gasteiger partial charge in [0.1, 0.15) is 29.6 Å². The lowest BCUT2D eigenvalue weighted by molar-refractivity contribution is -0.0558. The van der Waals surface area contributed by atoms with E-state index >= 15 is 0 Å². The average Bonchev–Trinajstić information content (AvgIpc) is 3.40. The van der Waals surface area contributed by atoms with E-state index in [9.17, 15) is 4.79 Å². The van der Waals surface area contributed by atoms with Gasteiger partial charge in [-0.1, -0.05) is 0 Å². The Hall–Kier alpha value is -2.39. The standard InChI is InChI=1S/C25H38N6O3/c1-24(2,3)34-23(32)31-13-5-4-10-25(31)11-6-12-29(16-25)15-18-7-8-20(33-18)30-14-9-19-21(26)27-17-28-22(19)30/h9,14,17-18,20H,4-8,10-13,15-16H2,1-3H3,(H2,26,27,28). The van der Waals surface area contributed by atoms with Crippen LogP contribution in [0.5, 0.6) is 0 Å². The molecule has 34 heavy (non-hydrogen) atoms. The van der Waals surface area contributed by atoms with Crippen molar-refractivity contribution in [2.45, 2.75) is 89.2 Å². The lowest BCUT2D eigenvalue weighted by Gasteiger charge is -2.52. The molecule has 3 unspecified atom stereocenters. The molecule has 1 amide bonds. The molecule has 2 aromatic heterocycles. The van der Waals surface area contributed by atoms with Gasteiger partial charge in [-0.2, -0.15) is 0 Å². The molecular formula is C25H38N6O3. The number of rotatable bonds is 3. The molecule has 0 saturated carbocycles. The minimum absolute atomic E-state index is 0.0384. The molecule has 2 N–H and O–H groups in total.